The molecule has 0 heterocycles. The molecule has 0 aliphatic heterocycles. The Morgan fingerprint density at radius 2 is 1.69 bits per heavy atom. The molecule has 1 rings (SSSR count). The Kier molecular flexibility index (Phi) is 4.83. The van der Waals surface area contributed by atoms with Crippen LogP contribution in [0, 0.1) is 0 Å². The molecule has 0 atom stereocenters. The predicted octanol–water partition coefficient (Wildman–Crippen LogP) is 3.05. The van der Waals surface area contributed by atoms with Crippen LogP contribution in [0.2, 0.25) is 0 Å². The second-order valence-corrected chi connectivity index (χ2v) is 3.83. The van der Waals surface area contributed by atoms with Gasteiger partial charge in [0.05, 0.1) is 0 Å². The zero-order chi connectivity index (χ0) is 12.0. The standard InChI is InChI=1S/C13H19NO2/c1-3-6-10-8-5-9-11(7-4-2)12(10)16-13(14)15/h5,8-9H,3-4,6-7H2,1-2H3,(H2,14,15). The minimum atomic E-state index is -0.735. The fraction of sp³-hybridized carbons (Fsp3) is 0.462. The van der Waals surface area contributed by atoms with E-state index in [1.807, 2.05) is 18.2 Å². The Morgan fingerprint density at radius 3 is 2.06 bits per heavy atom. The number of ether oxygens (including phenoxy) is 1. The molecule has 0 aliphatic rings. The van der Waals surface area contributed by atoms with Crippen LogP contribution in [0.15, 0.2) is 18.2 Å². The van der Waals surface area contributed by atoms with Crippen molar-refractivity contribution in [2.24, 2.45) is 5.73 Å². The van der Waals surface area contributed by atoms with Gasteiger partial charge >= 0.3 is 6.09 Å². The van der Waals surface area contributed by atoms with Crippen LogP contribution >= 0.6 is 0 Å². The zero-order valence-corrected chi connectivity index (χ0v) is 9.95. The average molecular weight is 221 g/mol. The average Bonchev–Trinajstić information content (AvgIpc) is 2.23. The van der Waals surface area contributed by atoms with E-state index in [1.54, 1.807) is 0 Å². The normalized spacial score (nSPS) is 10.1. The summed E-state index contributed by atoms with van der Waals surface area (Å²) in [5, 5.41) is 0. The lowest BCUT2D eigenvalue weighted by atomic mass is 10.0. The van der Waals surface area contributed by atoms with Crippen molar-refractivity contribution in [1.29, 1.82) is 0 Å². The number of hydrogen-bond donors (Lipinski definition) is 1. The molecule has 0 saturated heterocycles. The highest BCUT2D eigenvalue weighted by Crippen LogP contribution is 2.26. The van der Waals surface area contributed by atoms with E-state index in [0.717, 1.165) is 36.8 Å². The number of amides is 1. The molecule has 0 fully saturated rings. The number of carbonyl (C=O) groups is 1. The van der Waals surface area contributed by atoms with Gasteiger partial charge in [-0.3, -0.25) is 0 Å². The van der Waals surface area contributed by atoms with Crippen molar-refractivity contribution >= 4 is 6.09 Å². The van der Waals surface area contributed by atoms with Gasteiger partial charge in [0.1, 0.15) is 5.75 Å². The summed E-state index contributed by atoms with van der Waals surface area (Å²) in [4.78, 5) is 10.9. The highest BCUT2D eigenvalue weighted by atomic mass is 16.5. The molecule has 0 aromatic heterocycles. The molecule has 3 nitrogen and oxygen atoms in total. The van der Waals surface area contributed by atoms with Crippen LogP contribution in [-0.4, -0.2) is 6.09 Å². The number of nitrogens with two attached hydrogens (primary N) is 1. The van der Waals surface area contributed by atoms with Crippen LogP contribution < -0.4 is 10.5 Å². The molecule has 1 aromatic rings. The van der Waals surface area contributed by atoms with Gasteiger partial charge in [-0.1, -0.05) is 44.9 Å². The van der Waals surface area contributed by atoms with Crippen molar-refractivity contribution in [3.63, 3.8) is 0 Å². The van der Waals surface area contributed by atoms with Gasteiger partial charge in [-0.05, 0) is 24.0 Å². The van der Waals surface area contributed by atoms with E-state index in [0.29, 0.717) is 5.75 Å². The van der Waals surface area contributed by atoms with Crippen molar-refractivity contribution in [2.75, 3.05) is 0 Å². The van der Waals surface area contributed by atoms with Crippen molar-refractivity contribution < 1.29 is 9.53 Å². The maximum Gasteiger partial charge on any atom is 0.409 e. The minimum absolute atomic E-state index is 0.665. The van der Waals surface area contributed by atoms with Gasteiger partial charge in [-0.15, -0.1) is 0 Å². The summed E-state index contributed by atoms with van der Waals surface area (Å²) in [6.45, 7) is 4.20. The Balaban J connectivity index is 3.06. The van der Waals surface area contributed by atoms with Crippen LogP contribution in [-0.2, 0) is 12.8 Å². The summed E-state index contributed by atoms with van der Waals surface area (Å²) < 4.78 is 5.12. The number of hydrogen-bond acceptors (Lipinski definition) is 2. The third-order valence-electron chi connectivity index (χ3n) is 2.42. The Morgan fingerprint density at radius 1 is 1.19 bits per heavy atom. The van der Waals surface area contributed by atoms with Crippen LogP contribution in [0.4, 0.5) is 4.79 Å². The first-order chi connectivity index (χ1) is 7.69. The van der Waals surface area contributed by atoms with Gasteiger partial charge in [0.15, 0.2) is 0 Å². The van der Waals surface area contributed by atoms with Gasteiger partial charge in [0.2, 0.25) is 0 Å². The topological polar surface area (TPSA) is 52.3 Å². The molecular weight excluding hydrogens is 202 g/mol. The largest absolute Gasteiger partial charge is 0.410 e. The molecule has 0 aliphatic carbocycles. The van der Waals surface area contributed by atoms with Crippen molar-refractivity contribution in [3.05, 3.63) is 29.3 Å². The van der Waals surface area contributed by atoms with Gasteiger partial charge in [0.25, 0.3) is 0 Å². The van der Waals surface area contributed by atoms with E-state index in [9.17, 15) is 4.79 Å². The van der Waals surface area contributed by atoms with E-state index in [-0.39, 0.29) is 0 Å². The Bertz CT molecular complexity index is 337. The fourth-order valence-corrected chi connectivity index (χ4v) is 1.80. The molecule has 0 spiro atoms. The summed E-state index contributed by atoms with van der Waals surface area (Å²) in [7, 11) is 0. The second-order valence-electron chi connectivity index (χ2n) is 3.83. The molecule has 3 heteroatoms. The first kappa shape index (κ1) is 12.6. The second kappa shape index (κ2) is 6.16. The SMILES string of the molecule is CCCc1cccc(CCC)c1OC(N)=O. The molecule has 0 bridgehead atoms. The molecule has 0 saturated carbocycles. The van der Waals surface area contributed by atoms with E-state index >= 15 is 0 Å². The van der Waals surface area contributed by atoms with Gasteiger partial charge in [-0.2, -0.15) is 0 Å². The van der Waals surface area contributed by atoms with Gasteiger partial charge in [-0.25, -0.2) is 4.79 Å². The van der Waals surface area contributed by atoms with Crippen LogP contribution in [0.25, 0.3) is 0 Å². The number of rotatable bonds is 5. The summed E-state index contributed by atoms with van der Waals surface area (Å²) in [6, 6.07) is 5.98. The number of primary amides is 1. The minimum Gasteiger partial charge on any atom is -0.410 e. The molecule has 2 N–H and O–H groups in total. The smallest absolute Gasteiger partial charge is 0.409 e. The Labute approximate surface area is 96.6 Å². The van der Waals surface area contributed by atoms with E-state index in [4.69, 9.17) is 10.5 Å². The lowest BCUT2D eigenvalue weighted by molar-refractivity contribution is 0.210. The lowest BCUT2D eigenvalue weighted by Crippen LogP contribution is -2.18. The van der Waals surface area contributed by atoms with Gasteiger partial charge in [0, 0.05) is 0 Å². The summed E-state index contributed by atoms with van der Waals surface area (Å²) in [6.07, 6.45) is 3.11. The van der Waals surface area contributed by atoms with E-state index in [1.165, 1.54) is 0 Å². The molecule has 88 valence electrons. The van der Waals surface area contributed by atoms with E-state index in [2.05, 4.69) is 13.8 Å². The highest BCUT2D eigenvalue weighted by molar-refractivity contribution is 5.69. The van der Waals surface area contributed by atoms with Crippen molar-refractivity contribution in [3.8, 4) is 5.75 Å². The third kappa shape index (κ3) is 3.26. The molecular formula is C13H19NO2. The monoisotopic (exact) mass is 221 g/mol. The Hall–Kier alpha value is -1.51. The van der Waals surface area contributed by atoms with Crippen LogP contribution in [0.3, 0.4) is 0 Å². The fourth-order valence-electron chi connectivity index (χ4n) is 1.80. The van der Waals surface area contributed by atoms with Crippen molar-refractivity contribution in [1.82, 2.24) is 0 Å². The first-order valence-corrected chi connectivity index (χ1v) is 5.77. The summed E-state index contributed by atoms with van der Waals surface area (Å²) >= 11 is 0. The number of benzene rings is 1. The number of para-hydroxylation sites is 1. The van der Waals surface area contributed by atoms with E-state index < -0.39 is 6.09 Å². The molecule has 0 unspecified atom stereocenters. The number of carbonyl (C=O) groups excluding carboxylic acids is 1. The van der Waals surface area contributed by atoms with Crippen LogP contribution in [0.5, 0.6) is 5.75 Å². The quantitative estimate of drug-likeness (QED) is 0.830. The summed E-state index contributed by atoms with van der Waals surface area (Å²) in [5.41, 5.74) is 7.22. The molecule has 1 amide bonds. The number of aryl methyl sites for hydroxylation is 2. The first-order valence-electron chi connectivity index (χ1n) is 5.77. The summed E-state index contributed by atoms with van der Waals surface area (Å²) in [5.74, 6) is 0.665. The molecule has 0 radical (unpaired) electrons. The molecule has 16 heavy (non-hydrogen) atoms. The third-order valence-corrected chi connectivity index (χ3v) is 2.42. The van der Waals surface area contributed by atoms with Crippen molar-refractivity contribution in [2.45, 2.75) is 39.5 Å². The highest BCUT2D eigenvalue weighted by Gasteiger charge is 2.11. The van der Waals surface area contributed by atoms with Crippen LogP contribution in [0.1, 0.15) is 37.8 Å². The predicted molar refractivity (Wildman–Crippen MR) is 64.6 cm³/mol. The molecule has 1 aromatic carbocycles. The zero-order valence-electron chi connectivity index (χ0n) is 9.95. The maximum absolute atomic E-state index is 10.9. The maximum atomic E-state index is 10.9. The lowest BCUT2D eigenvalue weighted by Gasteiger charge is -2.12. The van der Waals surface area contributed by atoms with Gasteiger partial charge < -0.3 is 10.5 Å².